The highest BCUT2D eigenvalue weighted by atomic mass is 16.2. The van der Waals surface area contributed by atoms with Crippen LogP contribution in [0.2, 0.25) is 0 Å². The van der Waals surface area contributed by atoms with Gasteiger partial charge in [0.15, 0.2) is 0 Å². The molecule has 0 bridgehead atoms. The molecule has 0 aromatic rings. The highest BCUT2D eigenvalue weighted by Crippen LogP contribution is 2.41. The molecular formula is C14H24N2O2. The van der Waals surface area contributed by atoms with Crippen molar-refractivity contribution in [3.05, 3.63) is 0 Å². The van der Waals surface area contributed by atoms with Gasteiger partial charge in [-0.15, -0.1) is 0 Å². The summed E-state index contributed by atoms with van der Waals surface area (Å²) in [5.41, 5.74) is -0.632. The summed E-state index contributed by atoms with van der Waals surface area (Å²) in [7, 11) is 0. The van der Waals surface area contributed by atoms with Gasteiger partial charge >= 0.3 is 0 Å². The highest BCUT2D eigenvalue weighted by molar-refractivity contribution is 5.98. The van der Waals surface area contributed by atoms with E-state index >= 15 is 0 Å². The minimum atomic E-state index is -0.632. The van der Waals surface area contributed by atoms with Crippen LogP contribution in [-0.2, 0) is 9.59 Å². The van der Waals surface area contributed by atoms with Crippen LogP contribution in [0.4, 0.5) is 0 Å². The van der Waals surface area contributed by atoms with Crippen molar-refractivity contribution in [1.82, 2.24) is 10.2 Å². The van der Waals surface area contributed by atoms with E-state index in [1.54, 1.807) is 4.90 Å². The first-order chi connectivity index (χ1) is 8.43. The van der Waals surface area contributed by atoms with Crippen LogP contribution in [0.1, 0.15) is 46.5 Å². The van der Waals surface area contributed by atoms with Gasteiger partial charge in [-0.3, -0.25) is 9.59 Å². The minimum absolute atomic E-state index is 0.00598. The lowest BCUT2D eigenvalue weighted by atomic mass is 9.91. The van der Waals surface area contributed by atoms with Gasteiger partial charge in [0.05, 0.1) is 6.54 Å². The van der Waals surface area contributed by atoms with Gasteiger partial charge in [0.2, 0.25) is 11.8 Å². The fourth-order valence-electron chi connectivity index (χ4n) is 2.76. The molecule has 2 fully saturated rings. The van der Waals surface area contributed by atoms with Crippen molar-refractivity contribution < 1.29 is 9.59 Å². The summed E-state index contributed by atoms with van der Waals surface area (Å²) in [5, 5.41) is 2.90. The zero-order chi connectivity index (χ0) is 13.3. The fraction of sp³-hybridized carbons (Fsp3) is 0.857. The highest BCUT2D eigenvalue weighted by Gasteiger charge is 2.52. The SMILES string of the molecule is CC(C)CCCN1CC(=O)NC(C)(C2CC2)C1=O. The molecule has 4 heteroatoms. The minimum Gasteiger partial charge on any atom is -0.340 e. The summed E-state index contributed by atoms with van der Waals surface area (Å²) in [4.78, 5) is 26.0. The van der Waals surface area contributed by atoms with Crippen LogP contribution in [0.5, 0.6) is 0 Å². The Morgan fingerprint density at radius 1 is 1.39 bits per heavy atom. The Balaban J connectivity index is 1.97. The first-order valence-corrected chi connectivity index (χ1v) is 7.04. The van der Waals surface area contributed by atoms with E-state index in [-0.39, 0.29) is 18.4 Å². The van der Waals surface area contributed by atoms with Crippen molar-refractivity contribution in [3.8, 4) is 0 Å². The van der Waals surface area contributed by atoms with Gasteiger partial charge in [0.1, 0.15) is 5.54 Å². The van der Waals surface area contributed by atoms with Gasteiger partial charge < -0.3 is 10.2 Å². The van der Waals surface area contributed by atoms with Crippen LogP contribution in [0.25, 0.3) is 0 Å². The molecule has 2 aliphatic rings. The van der Waals surface area contributed by atoms with Crippen LogP contribution < -0.4 is 5.32 Å². The first kappa shape index (κ1) is 13.4. The van der Waals surface area contributed by atoms with Gasteiger partial charge in [-0.2, -0.15) is 0 Å². The van der Waals surface area contributed by atoms with Crippen molar-refractivity contribution in [3.63, 3.8) is 0 Å². The second-order valence-corrected chi connectivity index (χ2v) is 6.29. The Labute approximate surface area is 109 Å². The van der Waals surface area contributed by atoms with E-state index in [0.717, 1.165) is 25.7 Å². The molecule has 1 saturated heterocycles. The average Bonchev–Trinajstić information content (AvgIpc) is 3.08. The number of piperazine rings is 1. The lowest BCUT2D eigenvalue weighted by molar-refractivity contribution is -0.150. The molecule has 1 aliphatic heterocycles. The molecule has 1 saturated carbocycles. The lowest BCUT2D eigenvalue weighted by Gasteiger charge is -2.40. The summed E-state index contributed by atoms with van der Waals surface area (Å²) >= 11 is 0. The molecule has 2 amide bonds. The molecule has 4 nitrogen and oxygen atoms in total. The molecule has 0 aromatic carbocycles. The summed E-state index contributed by atoms with van der Waals surface area (Å²) in [6.07, 6.45) is 4.20. The topological polar surface area (TPSA) is 49.4 Å². The van der Waals surface area contributed by atoms with Crippen LogP contribution in [0, 0.1) is 11.8 Å². The van der Waals surface area contributed by atoms with E-state index in [2.05, 4.69) is 19.2 Å². The van der Waals surface area contributed by atoms with Crippen LogP contribution in [-0.4, -0.2) is 35.3 Å². The van der Waals surface area contributed by atoms with E-state index in [0.29, 0.717) is 18.4 Å². The van der Waals surface area contributed by atoms with Crippen molar-refractivity contribution in [1.29, 1.82) is 0 Å². The fourth-order valence-corrected chi connectivity index (χ4v) is 2.76. The predicted molar refractivity (Wildman–Crippen MR) is 69.9 cm³/mol. The third-order valence-electron chi connectivity index (χ3n) is 4.07. The smallest absolute Gasteiger partial charge is 0.248 e. The molecule has 1 heterocycles. The number of rotatable bonds is 5. The molecule has 1 atom stereocenters. The molecule has 102 valence electrons. The van der Waals surface area contributed by atoms with Gasteiger partial charge in [-0.25, -0.2) is 0 Å². The standard InChI is InChI=1S/C14H24N2O2/c1-10(2)5-4-8-16-9-12(17)15-14(3,13(16)18)11-6-7-11/h10-11H,4-9H2,1-3H3,(H,15,17). The molecule has 2 rings (SSSR count). The number of hydrogen-bond donors (Lipinski definition) is 1. The van der Waals surface area contributed by atoms with Crippen molar-refractivity contribution in [2.24, 2.45) is 11.8 Å². The number of carbonyl (C=O) groups is 2. The first-order valence-electron chi connectivity index (χ1n) is 7.04. The van der Waals surface area contributed by atoms with E-state index in [9.17, 15) is 9.59 Å². The van der Waals surface area contributed by atoms with E-state index in [4.69, 9.17) is 0 Å². The molecule has 0 radical (unpaired) electrons. The summed E-state index contributed by atoms with van der Waals surface area (Å²) in [6.45, 7) is 7.20. The van der Waals surface area contributed by atoms with E-state index in [1.165, 1.54) is 0 Å². The third kappa shape index (κ3) is 2.68. The Kier molecular flexibility index (Phi) is 3.64. The molecule has 0 spiro atoms. The zero-order valence-electron chi connectivity index (χ0n) is 11.7. The third-order valence-corrected chi connectivity index (χ3v) is 4.07. The van der Waals surface area contributed by atoms with Crippen molar-refractivity contribution >= 4 is 11.8 Å². The van der Waals surface area contributed by atoms with Crippen LogP contribution >= 0.6 is 0 Å². The molecular weight excluding hydrogens is 228 g/mol. The van der Waals surface area contributed by atoms with Gasteiger partial charge in [0, 0.05) is 6.54 Å². The number of hydrogen-bond acceptors (Lipinski definition) is 2. The van der Waals surface area contributed by atoms with Gasteiger partial charge in [-0.05, 0) is 44.4 Å². The van der Waals surface area contributed by atoms with Gasteiger partial charge in [-0.1, -0.05) is 13.8 Å². The van der Waals surface area contributed by atoms with Crippen LogP contribution in [0.15, 0.2) is 0 Å². The normalized spacial score (nSPS) is 28.8. The van der Waals surface area contributed by atoms with E-state index < -0.39 is 5.54 Å². The van der Waals surface area contributed by atoms with Gasteiger partial charge in [0.25, 0.3) is 0 Å². The maximum Gasteiger partial charge on any atom is 0.248 e. The van der Waals surface area contributed by atoms with Crippen LogP contribution in [0.3, 0.4) is 0 Å². The second kappa shape index (κ2) is 4.90. The Hall–Kier alpha value is -1.06. The summed E-state index contributed by atoms with van der Waals surface area (Å²) < 4.78 is 0. The summed E-state index contributed by atoms with van der Waals surface area (Å²) in [6, 6.07) is 0. The Morgan fingerprint density at radius 3 is 2.61 bits per heavy atom. The predicted octanol–water partition coefficient (Wildman–Crippen LogP) is 1.55. The Bertz CT molecular complexity index is 350. The molecule has 1 aliphatic carbocycles. The lowest BCUT2D eigenvalue weighted by Crippen LogP contribution is -2.66. The monoisotopic (exact) mass is 252 g/mol. The maximum atomic E-state index is 12.5. The molecule has 0 aromatic heterocycles. The number of nitrogens with one attached hydrogen (secondary N) is 1. The van der Waals surface area contributed by atoms with E-state index in [1.807, 2.05) is 6.92 Å². The quantitative estimate of drug-likeness (QED) is 0.807. The number of nitrogens with zero attached hydrogens (tertiary/aromatic N) is 1. The number of carbonyl (C=O) groups excluding carboxylic acids is 2. The largest absolute Gasteiger partial charge is 0.340 e. The molecule has 18 heavy (non-hydrogen) atoms. The maximum absolute atomic E-state index is 12.5. The Morgan fingerprint density at radius 2 is 2.06 bits per heavy atom. The molecule has 1 N–H and O–H groups in total. The second-order valence-electron chi connectivity index (χ2n) is 6.29. The average molecular weight is 252 g/mol. The zero-order valence-corrected chi connectivity index (χ0v) is 11.7. The molecule has 1 unspecified atom stereocenters. The van der Waals surface area contributed by atoms with Crippen molar-refractivity contribution in [2.75, 3.05) is 13.1 Å². The van der Waals surface area contributed by atoms with Crippen molar-refractivity contribution in [2.45, 2.75) is 52.0 Å². The number of amides is 2. The summed E-state index contributed by atoms with van der Waals surface area (Å²) in [5.74, 6) is 1.11.